The molecule has 4 atom stereocenters. The van der Waals surface area contributed by atoms with E-state index >= 15 is 0 Å². The average Bonchev–Trinajstić information content (AvgIpc) is 2.86. The van der Waals surface area contributed by atoms with Crippen molar-refractivity contribution in [1.29, 1.82) is 0 Å². The number of aryl methyl sites for hydroxylation is 1. The van der Waals surface area contributed by atoms with Crippen molar-refractivity contribution >= 4 is 17.4 Å². The number of hydrogen-bond acceptors (Lipinski definition) is 3. The molecule has 4 unspecified atom stereocenters. The minimum absolute atomic E-state index is 0.0655. The number of carbonyl (C=O) groups is 1. The molecule has 1 saturated heterocycles. The summed E-state index contributed by atoms with van der Waals surface area (Å²) in [6, 6.07) is 24.8. The summed E-state index contributed by atoms with van der Waals surface area (Å²) in [5.41, 5.74) is 5.76. The standard InChI is InChI=1S/C30H33ClO3/c1-4-22-10-12-23(13-11-22)16-26-17-25(14-15-27(26)31)30-21(3)20(2)29(32)28(34-30)19-33-18-24-8-6-5-7-9-24/h5-15,17,20-21,28,30H,4,16,18-19H2,1-3H3. The fourth-order valence-electron chi connectivity index (χ4n) is 4.56. The van der Waals surface area contributed by atoms with Gasteiger partial charge in [-0.15, -0.1) is 0 Å². The Morgan fingerprint density at radius 2 is 1.62 bits per heavy atom. The van der Waals surface area contributed by atoms with E-state index in [9.17, 15) is 4.79 Å². The highest BCUT2D eigenvalue weighted by molar-refractivity contribution is 6.31. The number of ether oxygens (including phenoxy) is 2. The van der Waals surface area contributed by atoms with Crippen LogP contribution in [0.5, 0.6) is 0 Å². The first-order valence-corrected chi connectivity index (χ1v) is 12.5. The monoisotopic (exact) mass is 476 g/mol. The zero-order valence-electron chi connectivity index (χ0n) is 20.2. The molecule has 0 N–H and O–H groups in total. The average molecular weight is 477 g/mol. The highest BCUT2D eigenvalue weighted by Crippen LogP contribution is 2.39. The molecule has 3 nitrogen and oxygen atoms in total. The highest BCUT2D eigenvalue weighted by Gasteiger charge is 2.41. The molecule has 1 aliphatic heterocycles. The zero-order valence-corrected chi connectivity index (χ0v) is 20.9. The minimum atomic E-state index is -0.569. The molecule has 1 fully saturated rings. The molecule has 34 heavy (non-hydrogen) atoms. The summed E-state index contributed by atoms with van der Waals surface area (Å²) in [7, 11) is 0. The van der Waals surface area contributed by atoms with Crippen LogP contribution in [0.2, 0.25) is 5.02 Å². The summed E-state index contributed by atoms with van der Waals surface area (Å²) < 4.78 is 12.2. The molecule has 1 heterocycles. The second kappa shape index (κ2) is 11.3. The zero-order chi connectivity index (χ0) is 24.1. The Bertz CT molecular complexity index is 1090. The van der Waals surface area contributed by atoms with Gasteiger partial charge in [0.25, 0.3) is 0 Å². The molecule has 0 bridgehead atoms. The maximum Gasteiger partial charge on any atom is 0.167 e. The Hall–Kier alpha value is -2.46. The number of carbonyl (C=O) groups excluding carboxylic acids is 1. The maximum atomic E-state index is 12.9. The number of benzene rings is 3. The molecule has 0 spiro atoms. The minimum Gasteiger partial charge on any atom is -0.374 e. The van der Waals surface area contributed by atoms with Crippen LogP contribution in [0, 0.1) is 11.8 Å². The fourth-order valence-corrected chi connectivity index (χ4v) is 4.75. The lowest BCUT2D eigenvalue weighted by Gasteiger charge is -2.38. The molecule has 3 aromatic rings. The van der Waals surface area contributed by atoms with E-state index in [-0.39, 0.29) is 30.3 Å². The van der Waals surface area contributed by atoms with Crippen molar-refractivity contribution in [2.24, 2.45) is 11.8 Å². The lowest BCUT2D eigenvalue weighted by molar-refractivity contribution is -0.165. The molecule has 3 aromatic carbocycles. The van der Waals surface area contributed by atoms with Crippen LogP contribution < -0.4 is 0 Å². The normalized spacial score (nSPS) is 22.6. The maximum absolute atomic E-state index is 12.9. The van der Waals surface area contributed by atoms with E-state index in [2.05, 4.69) is 44.2 Å². The predicted molar refractivity (Wildman–Crippen MR) is 137 cm³/mol. The van der Waals surface area contributed by atoms with Gasteiger partial charge in [-0.3, -0.25) is 4.79 Å². The Balaban J connectivity index is 1.48. The molecular formula is C30H33ClO3. The molecule has 0 radical (unpaired) electrons. The Labute approximate surface area is 208 Å². The smallest absolute Gasteiger partial charge is 0.167 e. The Kier molecular flexibility index (Phi) is 8.20. The SMILES string of the molecule is CCc1ccc(Cc2cc(C3OC(COCc4ccccc4)C(=O)C(C)C3C)ccc2Cl)cc1. The molecule has 0 aromatic heterocycles. The fraction of sp³-hybridized carbons (Fsp3) is 0.367. The molecule has 4 heteroatoms. The van der Waals surface area contributed by atoms with Gasteiger partial charge in [-0.25, -0.2) is 0 Å². The molecule has 0 saturated carbocycles. The molecule has 4 rings (SSSR count). The van der Waals surface area contributed by atoms with E-state index in [0.717, 1.165) is 34.6 Å². The summed E-state index contributed by atoms with van der Waals surface area (Å²) in [5, 5.41) is 0.749. The van der Waals surface area contributed by atoms with Crippen molar-refractivity contribution in [3.63, 3.8) is 0 Å². The van der Waals surface area contributed by atoms with Gasteiger partial charge in [-0.2, -0.15) is 0 Å². The quantitative estimate of drug-likeness (QED) is 0.351. The van der Waals surface area contributed by atoms with Crippen molar-refractivity contribution in [1.82, 2.24) is 0 Å². The largest absolute Gasteiger partial charge is 0.374 e. The van der Waals surface area contributed by atoms with Gasteiger partial charge in [0.2, 0.25) is 0 Å². The van der Waals surface area contributed by atoms with E-state index in [1.54, 1.807) is 0 Å². The number of Topliss-reactive ketones (excluding diaryl/α,β-unsaturated/α-hetero) is 1. The topological polar surface area (TPSA) is 35.5 Å². The van der Waals surface area contributed by atoms with Gasteiger partial charge in [0.1, 0.15) is 6.10 Å². The summed E-state index contributed by atoms with van der Waals surface area (Å²) in [5.74, 6) is 0.0718. The lowest BCUT2D eigenvalue weighted by Crippen LogP contribution is -2.44. The van der Waals surface area contributed by atoms with Crippen LogP contribution in [0.25, 0.3) is 0 Å². The first-order valence-electron chi connectivity index (χ1n) is 12.1. The number of halogens is 1. The van der Waals surface area contributed by atoms with Crippen molar-refractivity contribution < 1.29 is 14.3 Å². The van der Waals surface area contributed by atoms with Crippen LogP contribution in [-0.4, -0.2) is 18.5 Å². The third kappa shape index (κ3) is 5.78. The summed E-state index contributed by atoms with van der Waals surface area (Å²) in [6.45, 7) is 6.97. The summed E-state index contributed by atoms with van der Waals surface area (Å²) in [4.78, 5) is 12.9. The van der Waals surface area contributed by atoms with Crippen LogP contribution in [0.3, 0.4) is 0 Å². The highest BCUT2D eigenvalue weighted by atomic mass is 35.5. The third-order valence-corrected chi connectivity index (χ3v) is 7.32. The van der Waals surface area contributed by atoms with Gasteiger partial charge in [-0.05, 0) is 52.6 Å². The van der Waals surface area contributed by atoms with Crippen molar-refractivity contribution in [3.05, 3.63) is 106 Å². The first kappa shape index (κ1) is 24.7. The summed E-state index contributed by atoms with van der Waals surface area (Å²) >= 11 is 6.57. The van der Waals surface area contributed by atoms with Gasteiger partial charge >= 0.3 is 0 Å². The Morgan fingerprint density at radius 3 is 2.32 bits per heavy atom. The second-order valence-electron chi connectivity index (χ2n) is 9.29. The van der Waals surface area contributed by atoms with Crippen LogP contribution in [0.15, 0.2) is 72.8 Å². The van der Waals surface area contributed by atoms with E-state index in [0.29, 0.717) is 6.61 Å². The van der Waals surface area contributed by atoms with E-state index in [1.165, 1.54) is 11.1 Å². The van der Waals surface area contributed by atoms with E-state index in [1.807, 2.05) is 49.4 Å². The van der Waals surface area contributed by atoms with E-state index in [4.69, 9.17) is 21.1 Å². The van der Waals surface area contributed by atoms with Crippen LogP contribution >= 0.6 is 11.6 Å². The summed E-state index contributed by atoms with van der Waals surface area (Å²) in [6.07, 6.45) is 1.04. The van der Waals surface area contributed by atoms with Gasteiger partial charge in [0.15, 0.2) is 5.78 Å². The van der Waals surface area contributed by atoms with E-state index < -0.39 is 6.10 Å². The van der Waals surface area contributed by atoms with Crippen LogP contribution in [0.4, 0.5) is 0 Å². The lowest BCUT2D eigenvalue weighted by atomic mass is 9.80. The van der Waals surface area contributed by atoms with Gasteiger partial charge < -0.3 is 9.47 Å². The van der Waals surface area contributed by atoms with Gasteiger partial charge in [-0.1, -0.05) is 99.1 Å². The second-order valence-corrected chi connectivity index (χ2v) is 9.70. The van der Waals surface area contributed by atoms with Gasteiger partial charge in [0.05, 0.1) is 19.3 Å². The number of rotatable bonds is 8. The van der Waals surface area contributed by atoms with Gasteiger partial charge in [0, 0.05) is 10.9 Å². The van der Waals surface area contributed by atoms with Crippen molar-refractivity contribution in [3.8, 4) is 0 Å². The number of ketones is 1. The van der Waals surface area contributed by atoms with Crippen molar-refractivity contribution in [2.45, 2.75) is 52.4 Å². The van der Waals surface area contributed by atoms with Crippen molar-refractivity contribution in [2.75, 3.05) is 6.61 Å². The molecule has 0 aliphatic carbocycles. The Morgan fingerprint density at radius 1 is 0.912 bits per heavy atom. The molecule has 1 aliphatic rings. The molecular weight excluding hydrogens is 444 g/mol. The molecule has 178 valence electrons. The van der Waals surface area contributed by atoms with Crippen LogP contribution in [-0.2, 0) is 33.7 Å². The first-order chi connectivity index (χ1) is 16.5. The number of hydrogen-bond donors (Lipinski definition) is 0. The predicted octanol–water partition coefficient (Wildman–Crippen LogP) is 6.99. The van der Waals surface area contributed by atoms with Crippen LogP contribution in [0.1, 0.15) is 54.7 Å². The third-order valence-electron chi connectivity index (χ3n) is 6.95. The molecule has 0 amide bonds.